The lowest BCUT2D eigenvalue weighted by Crippen LogP contribution is -2.59. The molecular weight excluding hydrogens is 841 g/mol. The Morgan fingerprint density at radius 3 is 1.37 bits per heavy atom. The monoisotopic (exact) mass is 943 g/mol. The smallest absolute Gasteiger partial charge is 0.306 e. The Bertz CT molecular complexity index is 1260. The normalized spacial score (nSPS) is 19.8. The summed E-state index contributed by atoms with van der Waals surface area (Å²) in [5.41, 5.74) is 0. The maximum atomic E-state index is 12.9. The number of esters is 1. The minimum Gasteiger partial charge on any atom is -0.457 e. The average Bonchev–Trinajstić information content (AvgIpc) is 3.33. The largest absolute Gasteiger partial charge is 0.457 e. The third-order valence-corrected chi connectivity index (χ3v) is 12.4. The van der Waals surface area contributed by atoms with Crippen LogP contribution in [0.4, 0.5) is 0 Å². The Kier molecular flexibility index (Phi) is 45.5. The molecule has 1 saturated heterocycles. The molecule has 0 amide bonds. The summed E-state index contributed by atoms with van der Waals surface area (Å²) in [6.07, 6.45) is 57.9. The van der Waals surface area contributed by atoms with Gasteiger partial charge < -0.3 is 39.4 Å². The van der Waals surface area contributed by atoms with Crippen molar-refractivity contribution in [3.05, 3.63) is 72.9 Å². The van der Waals surface area contributed by atoms with Crippen LogP contribution in [0.5, 0.6) is 0 Å². The number of carbonyl (C=O) groups is 1. The molecule has 1 fully saturated rings. The van der Waals surface area contributed by atoms with E-state index in [0.717, 1.165) is 83.5 Å². The maximum absolute atomic E-state index is 12.9. The zero-order valence-electron chi connectivity index (χ0n) is 42.9. The topological polar surface area (TPSA) is 135 Å². The Morgan fingerprint density at radius 1 is 0.493 bits per heavy atom. The van der Waals surface area contributed by atoms with Gasteiger partial charge in [0.2, 0.25) is 0 Å². The van der Waals surface area contributed by atoms with Gasteiger partial charge in [0.1, 0.15) is 30.5 Å². The van der Waals surface area contributed by atoms with Crippen LogP contribution in [0.1, 0.15) is 226 Å². The van der Waals surface area contributed by atoms with Crippen LogP contribution in [-0.4, -0.2) is 89.6 Å². The highest BCUT2D eigenvalue weighted by Gasteiger charge is 2.44. The van der Waals surface area contributed by atoms with E-state index in [0.29, 0.717) is 13.0 Å². The molecule has 6 unspecified atom stereocenters. The fourth-order valence-electron chi connectivity index (χ4n) is 8.14. The molecular formula is C58H102O9. The van der Waals surface area contributed by atoms with Crippen molar-refractivity contribution in [3.8, 4) is 0 Å². The number of carbonyl (C=O) groups excluding carboxylic acids is 1. The Balaban J connectivity index is 2.20. The first kappa shape index (κ1) is 62.6. The van der Waals surface area contributed by atoms with Crippen molar-refractivity contribution in [2.24, 2.45) is 0 Å². The number of aliphatic hydroxyl groups excluding tert-OH is 4. The van der Waals surface area contributed by atoms with Gasteiger partial charge in [-0.1, -0.05) is 228 Å². The minimum atomic E-state index is -1.54. The Labute approximate surface area is 410 Å². The van der Waals surface area contributed by atoms with E-state index in [1.807, 2.05) is 0 Å². The highest BCUT2D eigenvalue weighted by atomic mass is 16.7. The summed E-state index contributed by atoms with van der Waals surface area (Å²) in [6.45, 7) is 4.45. The second-order valence-corrected chi connectivity index (χ2v) is 18.7. The van der Waals surface area contributed by atoms with Gasteiger partial charge in [-0.05, 0) is 64.2 Å². The van der Waals surface area contributed by atoms with E-state index in [2.05, 4.69) is 86.8 Å². The van der Waals surface area contributed by atoms with Gasteiger partial charge >= 0.3 is 5.97 Å². The molecule has 1 aliphatic rings. The molecule has 0 bridgehead atoms. The average molecular weight is 943 g/mol. The molecule has 388 valence electrons. The van der Waals surface area contributed by atoms with Crippen LogP contribution in [0.2, 0.25) is 0 Å². The summed E-state index contributed by atoms with van der Waals surface area (Å²) in [4.78, 5) is 12.9. The molecule has 0 radical (unpaired) electrons. The summed E-state index contributed by atoms with van der Waals surface area (Å²) in [6, 6.07) is 0. The van der Waals surface area contributed by atoms with Crippen LogP contribution < -0.4 is 0 Å². The van der Waals surface area contributed by atoms with E-state index < -0.39 is 43.4 Å². The molecule has 1 heterocycles. The predicted molar refractivity (Wildman–Crippen MR) is 279 cm³/mol. The third kappa shape index (κ3) is 39.1. The molecule has 9 nitrogen and oxygen atoms in total. The van der Waals surface area contributed by atoms with E-state index >= 15 is 0 Å². The third-order valence-electron chi connectivity index (χ3n) is 12.4. The molecule has 0 aliphatic carbocycles. The number of aliphatic hydroxyl groups is 4. The van der Waals surface area contributed by atoms with Gasteiger partial charge in [-0.2, -0.15) is 0 Å². The van der Waals surface area contributed by atoms with E-state index in [4.69, 9.17) is 18.9 Å². The van der Waals surface area contributed by atoms with Gasteiger partial charge in [0.05, 0.1) is 19.8 Å². The maximum Gasteiger partial charge on any atom is 0.306 e. The molecule has 0 aromatic heterocycles. The van der Waals surface area contributed by atoms with Gasteiger partial charge in [-0.25, -0.2) is 0 Å². The first-order valence-electron chi connectivity index (χ1n) is 27.5. The number of hydrogen-bond acceptors (Lipinski definition) is 9. The van der Waals surface area contributed by atoms with E-state index in [9.17, 15) is 25.2 Å². The van der Waals surface area contributed by atoms with Crippen molar-refractivity contribution in [1.29, 1.82) is 0 Å². The molecule has 0 aromatic carbocycles. The number of hydrogen-bond donors (Lipinski definition) is 4. The van der Waals surface area contributed by atoms with Crippen molar-refractivity contribution in [3.63, 3.8) is 0 Å². The Hall–Kier alpha value is -2.37. The highest BCUT2D eigenvalue weighted by molar-refractivity contribution is 5.69. The first-order valence-corrected chi connectivity index (χ1v) is 27.5. The summed E-state index contributed by atoms with van der Waals surface area (Å²) >= 11 is 0. The van der Waals surface area contributed by atoms with E-state index in [1.165, 1.54) is 122 Å². The lowest BCUT2D eigenvalue weighted by atomic mass is 9.99. The number of unbranched alkanes of at least 4 members (excludes halogenated alkanes) is 24. The van der Waals surface area contributed by atoms with Crippen molar-refractivity contribution >= 4 is 5.97 Å². The van der Waals surface area contributed by atoms with Crippen LogP contribution in [0.3, 0.4) is 0 Å². The Morgan fingerprint density at radius 2 is 0.910 bits per heavy atom. The number of ether oxygens (including phenoxy) is 4. The van der Waals surface area contributed by atoms with Crippen molar-refractivity contribution in [2.75, 3.05) is 26.4 Å². The molecule has 1 aliphatic heterocycles. The summed E-state index contributed by atoms with van der Waals surface area (Å²) in [7, 11) is 0. The summed E-state index contributed by atoms with van der Waals surface area (Å²) < 4.78 is 22.9. The van der Waals surface area contributed by atoms with Gasteiger partial charge in [0, 0.05) is 13.0 Å². The van der Waals surface area contributed by atoms with Crippen molar-refractivity contribution in [2.45, 2.75) is 263 Å². The lowest BCUT2D eigenvalue weighted by molar-refractivity contribution is -0.305. The summed E-state index contributed by atoms with van der Waals surface area (Å²) in [5.74, 6) is -0.327. The van der Waals surface area contributed by atoms with Crippen LogP contribution in [-0.2, 0) is 23.7 Å². The molecule has 0 spiro atoms. The van der Waals surface area contributed by atoms with Gasteiger partial charge in [0.15, 0.2) is 6.29 Å². The first-order chi connectivity index (χ1) is 32.9. The number of allylic oxidation sites excluding steroid dienone is 12. The van der Waals surface area contributed by atoms with Crippen LogP contribution in [0.25, 0.3) is 0 Å². The quantitative estimate of drug-likeness (QED) is 0.0267. The molecule has 0 aromatic rings. The molecule has 4 N–H and O–H groups in total. The minimum absolute atomic E-state index is 0.121. The van der Waals surface area contributed by atoms with E-state index in [-0.39, 0.29) is 19.2 Å². The molecule has 9 heteroatoms. The zero-order valence-corrected chi connectivity index (χ0v) is 42.9. The second-order valence-electron chi connectivity index (χ2n) is 18.7. The fourth-order valence-corrected chi connectivity index (χ4v) is 8.14. The molecule has 6 atom stereocenters. The van der Waals surface area contributed by atoms with Crippen LogP contribution in [0, 0.1) is 0 Å². The van der Waals surface area contributed by atoms with Gasteiger partial charge in [0.25, 0.3) is 0 Å². The second kappa shape index (κ2) is 48.6. The zero-order chi connectivity index (χ0) is 48.5. The molecule has 0 saturated carbocycles. The summed E-state index contributed by atoms with van der Waals surface area (Å²) in [5, 5.41) is 40.3. The molecule has 1 rings (SSSR count). The lowest BCUT2D eigenvalue weighted by Gasteiger charge is -2.39. The van der Waals surface area contributed by atoms with Crippen molar-refractivity contribution in [1.82, 2.24) is 0 Å². The fraction of sp³-hybridized carbons (Fsp3) is 0.776. The van der Waals surface area contributed by atoms with E-state index in [1.54, 1.807) is 0 Å². The van der Waals surface area contributed by atoms with Gasteiger partial charge in [-0.3, -0.25) is 4.79 Å². The SMILES string of the molecule is CC/C=C\C/C=C\C/C=C\C/C=C\C/C=C\C/C=C\CCCCCCCCC(=O)OC(COCCCCCCCCCCCCCCCCCCCCC)COC1OC(CO)C(O)C(O)C1O. The van der Waals surface area contributed by atoms with Gasteiger partial charge in [-0.15, -0.1) is 0 Å². The van der Waals surface area contributed by atoms with Crippen LogP contribution in [0.15, 0.2) is 72.9 Å². The standard InChI is InChI=1S/C58H102O9/c1-3-5-7-9-11-13-15-17-19-21-23-24-25-26-27-28-29-31-33-35-37-39-41-43-45-47-54(60)66-52(51-65-58-57(63)56(62)55(61)53(49-59)67-58)50-64-48-46-44-42-40-38-36-34-32-30-22-20-18-16-14-12-10-8-6-4-2/h5,7,11,13,17,19,23-24,26-27,29,31,52-53,55-59,61-63H,3-4,6,8-10,12,14-16,18,20-22,25,28,30,32-51H2,1-2H3/b7-5-,13-11-,19-17-,24-23-,27-26-,31-29-. The predicted octanol–water partition coefficient (Wildman–Crippen LogP) is 14.0. The number of rotatable bonds is 47. The highest BCUT2D eigenvalue weighted by Crippen LogP contribution is 2.23. The van der Waals surface area contributed by atoms with Crippen molar-refractivity contribution < 1.29 is 44.2 Å². The van der Waals surface area contributed by atoms with Crippen LogP contribution >= 0.6 is 0 Å². The molecule has 67 heavy (non-hydrogen) atoms.